The molecule has 1 aromatic carbocycles. The van der Waals surface area contributed by atoms with Gasteiger partial charge in [-0.15, -0.1) is 0 Å². The number of allylic oxidation sites excluding steroid dienone is 2. The smallest absolute Gasteiger partial charge is 0.224 e. The zero-order valence-corrected chi connectivity index (χ0v) is 11.5. The summed E-state index contributed by atoms with van der Waals surface area (Å²) in [6, 6.07) is 10.7. The lowest BCUT2D eigenvalue weighted by Crippen LogP contribution is -2.35. The van der Waals surface area contributed by atoms with Gasteiger partial charge in [-0.25, -0.2) is 0 Å². The van der Waals surface area contributed by atoms with Crippen molar-refractivity contribution in [1.29, 1.82) is 0 Å². The molecule has 1 saturated heterocycles. The van der Waals surface area contributed by atoms with Gasteiger partial charge >= 0.3 is 0 Å². The highest BCUT2D eigenvalue weighted by Crippen LogP contribution is 2.41. The second-order valence-electron chi connectivity index (χ2n) is 6.01. The number of benzene rings is 1. The fraction of sp³-hybridized carbons (Fsp3) is 0.471. The third-order valence-corrected chi connectivity index (χ3v) is 4.70. The maximum Gasteiger partial charge on any atom is 0.224 e. The molecule has 0 saturated carbocycles. The van der Waals surface area contributed by atoms with Crippen molar-refractivity contribution in [3.63, 3.8) is 0 Å². The van der Waals surface area contributed by atoms with Crippen LogP contribution in [0.2, 0.25) is 0 Å². The van der Waals surface area contributed by atoms with Gasteiger partial charge in [0.15, 0.2) is 0 Å². The van der Waals surface area contributed by atoms with Gasteiger partial charge in [0.05, 0.1) is 0 Å². The van der Waals surface area contributed by atoms with Gasteiger partial charge < -0.3 is 5.32 Å². The Morgan fingerprint density at radius 2 is 1.74 bits per heavy atom. The summed E-state index contributed by atoms with van der Waals surface area (Å²) in [6.07, 6.45) is 5.43. The van der Waals surface area contributed by atoms with Crippen LogP contribution in [-0.2, 0) is 11.2 Å². The Balaban J connectivity index is 1.84. The van der Waals surface area contributed by atoms with Gasteiger partial charge in [-0.2, -0.15) is 0 Å². The molecule has 3 rings (SSSR count). The SMILES string of the molecule is CC1C=CC(C)C2C(Cc3ccccc3)NC(=O)C12. The fourth-order valence-corrected chi connectivity index (χ4v) is 3.74. The molecule has 0 bridgehead atoms. The van der Waals surface area contributed by atoms with Crippen LogP contribution in [0.25, 0.3) is 0 Å². The van der Waals surface area contributed by atoms with Crippen molar-refractivity contribution in [2.24, 2.45) is 23.7 Å². The number of amides is 1. The highest BCUT2D eigenvalue weighted by atomic mass is 16.2. The number of hydrogen-bond donors (Lipinski definition) is 1. The minimum absolute atomic E-state index is 0.161. The Morgan fingerprint density at radius 1 is 1.05 bits per heavy atom. The van der Waals surface area contributed by atoms with E-state index in [4.69, 9.17) is 0 Å². The van der Waals surface area contributed by atoms with Gasteiger partial charge in [-0.1, -0.05) is 56.3 Å². The van der Waals surface area contributed by atoms with Gasteiger partial charge in [0.1, 0.15) is 0 Å². The maximum absolute atomic E-state index is 12.2. The summed E-state index contributed by atoms with van der Waals surface area (Å²) in [5, 5.41) is 3.23. The molecular weight excluding hydrogens is 234 g/mol. The highest BCUT2D eigenvalue weighted by Gasteiger charge is 2.47. The molecule has 1 fully saturated rings. The molecule has 2 aliphatic rings. The van der Waals surface area contributed by atoms with E-state index in [1.807, 2.05) is 6.07 Å². The van der Waals surface area contributed by atoms with Gasteiger partial charge in [0.25, 0.3) is 0 Å². The van der Waals surface area contributed by atoms with Gasteiger partial charge in [-0.3, -0.25) is 4.79 Å². The molecule has 2 heteroatoms. The molecule has 1 N–H and O–H groups in total. The Kier molecular flexibility index (Phi) is 3.17. The monoisotopic (exact) mass is 255 g/mol. The summed E-state index contributed by atoms with van der Waals surface area (Å²) < 4.78 is 0. The molecule has 5 unspecified atom stereocenters. The lowest BCUT2D eigenvalue weighted by atomic mass is 9.70. The molecular formula is C17H21NO. The Morgan fingerprint density at radius 3 is 2.47 bits per heavy atom. The molecule has 1 aromatic rings. The topological polar surface area (TPSA) is 29.1 Å². The molecule has 1 heterocycles. The molecule has 1 aliphatic heterocycles. The average molecular weight is 255 g/mol. The molecule has 1 amide bonds. The lowest BCUT2D eigenvalue weighted by Gasteiger charge is -2.32. The molecule has 2 nitrogen and oxygen atoms in total. The molecule has 19 heavy (non-hydrogen) atoms. The number of carbonyl (C=O) groups is 1. The minimum Gasteiger partial charge on any atom is -0.352 e. The summed E-state index contributed by atoms with van der Waals surface area (Å²) in [5.41, 5.74) is 1.31. The van der Waals surface area contributed by atoms with Crippen LogP contribution in [0.1, 0.15) is 19.4 Å². The third kappa shape index (κ3) is 2.20. The molecule has 5 atom stereocenters. The molecule has 0 spiro atoms. The van der Waals surface area contributed by atoms with Crippen LogP contribution in [-0.4, -0.2) is 11.9 Å². The molecule has 100 valence electrons. The normalized spacial score (nSPS) is 36.9. The standard InChI is InChI=1S/C17H21NO/c1-11-8-9-12(2)16-15(11)14(18-17(16)19)10-13-6-4-3-5-7-13/h3-9,11-12,14-16H,10H2,1-2H3,(H,18,19). The van der Waals surface area contributed by atoms with E-state index in [0.717, 1.165) is 6.42 Å². The first-order valence-electron chi connectivity index (χ1n) is 7.19. The van der Waals surface area contributed by atoms with Crippen LogP contribution in [0.3, 0.4) is 0 Å². The lowest BCUT2D eigenvalue weighted by molar-refractivity contribution is -0.124. The zero-order chi connectivity index (χ0) is 13.4. The molecule has 0 radical (unpaired) electrons. The van der Waals surface area contributed by atoms with Crippen LogP contribution in [0.4, 0.5) is 0 Å². The molecule has 0 aromatic heterocycles. The molecule has 1 aliphatic carbocycles. The van der Waals surface area contributed by atoms with E-state index >= 15 is 0 Å². The summed E-state index contributed by atoms with van der Waals surface area (Å²) >= 11 is 0. The largest absolute Gasteiger partial charge is 0.352 e. The first-order chi connectivity index (χ1) is 9.16. The Labute approximate surface area is 114 Å². The predicted molar refractivity (Wildman–Crippen MR) is 76.5 cm³/mol. The third-order valence-electron chi connectivity index (χ3n) is 4.70. The second kappa shape index (κ2) is 4.84. The van der Waals surface area contributed by atoms with Crippen LogP contribution in [0.5, 0.6) is 0 Å². The Bertz CT molecular complexity index is 493. The van der Waals surface area contributed by atoms with E-state index in [1.165, 1.54) is 5.56 Å². The minimum atomic E-state index is 0.161. The maximum atomic E-state index is 12.2. The van der Waals surface area contributed by atoms with Crippen molar-refractivity contribution < 1.29 is 4.79 Å². The number of rotatable bonds is 2. The van der Waals surface area contributed by atoms with E-state index in [2.05, 4.69) is 55.6 Å². The summed E-state index contributed by atoms with van der Waals surface area (Å²) in [4.78, 5) is 12.2. The van der Waals surface area contributed by atoms with Gasteiger partial charge in [0.2, 0.25) is 5.91 Å². The van der Waals surface area contributed by atoms with Crippen molar-refractivity contribution in [2.45, 2.75) is 26.3 Å². The van der Waals surface area contributed by atoms with Crippen LogP contribution in [0, 0.1) is 23.7 Å². The summed E-state index contributed by atoms with van der Waals surface area (Å²) in [6.45, 7) is 4.39. The van der Waals surface area contributed by atoms with Crippen molar-refractivity contribution >= 4 is 5.91 Å². The Hall–Kier alpha value is -1.57. The number of nitrogens with one attached hydrogen (secondary N) is 1. The van der Waals surface area contributed by atoms with E-state index in [1.54, 1.807) is 0 Å². The van der Waals surface area contributed by atoms with Crippen molar-refractivity contribution in [1.82, 2.24) is 5.32 Å². The van der Waals surface area contributed by atoms with E-state index < -0.39 is 0 Å². The zero-order valence-electron chi connectivity index (χ0n) is 11.5. The highest BCUT2D eigenvalue weighted by molar-refractivity contribution is 5.82. The van der Waals surface area contributed by atoms with Crippen LogP contribution < -0.4 is 5.32 Å². The van der Waals surface area contributed by atoms with Gasteiger partial charge in [-0.05, 0) is 29.7 Å². The first kappa shape index (κ1) is 12.5. The van der Waals surface area contributed by atoms with Gasteiger partial charge in [0, 0.05) is 12.0 Å². The van der Waals surface area contributed by atoms with Crippen LogP contribution >= 0.6 is 0 Å². The number of hydrogen-bond acceptors (Lipinski definition) is 1. The van der Waals surface area contributed by atoms with Crippen molar-refractivity contribution in [2.75, 3.05) is 0 Å². The second-order valence-corrected chi connectivity index (χ2v) is 6.01. The quantitative estimate of drug-likeness (QED) is 0.809. The number of carbonyl (C=O) groups excluding carboxylic acids is 1. The van der Waals surface area contributed by atoms with Crippen molar-refractivity contribution in [3.8, 4) is 0 Å². The van der Waals surface area contributed by atoms with Crippen LogP contribution in [0.15, 0.2) is 42.5 Å². The summed E-state index contributed by atoms with van der Waals surface area (Å²) in [5.74, 6) is 1.69. The summed E-state index contributed by atoms with van der Waals surface area (Å²) in [7, 11) is 0. The average Bonchev–Trinajstić information content (AvgIpc) is 2.73. The predicted octanol–water partition coefficient (Wildman–Crippen LogP) is 2.80. The van der Waals surface area contributed by atoms with E-state index in [9.17, 15) is 4.79 Å². The van der Waals surface area contributed by atoms with Crippen molar-refractivity contribution in [3.05, 3.63) is 48.0 Å². The number of fused-ring (bicyclic) bond motifs is 1. The first-order valence-corrected chi connectivity index (χ1v) is 7.19. The van der Waals surface area contributed by atoms with E-state index in [-0.39, 0.29) is 17.9 Å². The fourth-order valence-electron chi connectivity index (χ4n) is 3.74. The van der Waals surface area contributed by atoms with E-state index in [0.29, 0.717) is 17.8 Å².